The van der Waals surface area contributed by atoms with Gasteiger partial charge in [-0.25, -0.2) is 9.78 Å². The Bertz CT molecular complexity index is 1440. The standard InChI is InChI=1S/C29H35N7OS.C2HF3O2/c1-34-13-15-35(16-14-34)19-20-9-11-36(12-10-20)28-23(17-30)25(21-7-8-21)24(18-31)29(33-28)38-26(27(32)37)22-5-3-2-4-6-22;3-2(4,5)1(6)7/h2-6,20-21,26H,7-16,19H2,1H3,(H2,32,37);(H,6,7). The number of aliphatic carboxylic acids is 1. The van der Waals surface area contributed by atoms with Gasteiger partial charge in [-0.15, -0.1) is 0 Å². The number of carboxylic acid groups (broad SMARTS) is 1. The molecule has 2 aliphatic heterocycles. The highest BCUT2D eigenvalue weighted by Gasteiger charge is 2.38. The molecule has 5 rings (SSSR count). The van der Waals surface area contributed by atoms with E-state index in [0.29, 0.717) is 27.9 Å². The maximum Gasteiger partial charge on any atom is 0.490 e. The highest BCUT2D eigenvalue weighted by atomic mass is 32.2. The summed E-state index contributed by atoms with van der Waals surface area (Å²) in [6.07, 6.45) is -1.06. The minimum atomic E-state index is -5.08. The maximum atomic E-state index is 12.5. The number of amides is 1. The molecule has 240 valence electrons. The molecule has 3 fully saturated rings. The molecule has 3 aliphatic rings. The minimum Gasteiger partial charge on any atom is -0.475 e. The molecule has 10 nitrogen and oxygen atoms in total. The molecule has 2 aromatic rings. The van der Waals surface area contributed by atoms with Gasteiger partial charge in [0, 0.05) is 45.8 Å². The zero-order valence-corrected chi connectivity index (χ0v) is 25.8. The van der Waals surface area contributed by atoms with Crippen molar-refractivity contribution in [2.24, 2.45) is 11.7 Å². The molecule has 14 heteroatoms. The number of likely N-dealkylation sites (N-methyl/N-ethyl adjacent to an activating group) is 1. The Morgan fingerprint density at radius 3 is 2.09 bits per heavy atom. The topological polar surface area (TPSA) is 151 Å². The van der Waals surface area contributed by atoms with Crippen molar-refractivity contribution in [3.63, 3.8) is 0 Å². The van der Waals surface area contributed by atoms with E-state index in [9.17, 15) is 28.5 Å². The third kappa shape index (κ3) is 8.87. The molecular weight excluding hydrogens is 607 g/mol. The first-order chi connectivity index (χ1) is 21.4. The molecule has 3 N–H and O–H groups in total. The van der Waals surface area contributed by atoms with Crippen molar-refractivity contribution in [2.45, 2.75) is 48.1 Å². The number of carbonyl (C=O) groups excluding carboxylic acids is 1. The zero-order chi connectivity index (χ0) is 32.7. The van der Waals surface area contributed by atoms with Gasteiger partial charge >= 0.3 is 12.1 Å². The number of hydrogen-bond donors (Lipinski definition) is 2. The third-order valence-corrected chi connectivity index (χ3v) is 9.51. The summed E-state index contributed by atoms with van der Waals surface area (Å²) >= 11 is 1.23. The number of benzene rings is 1. The average Bonchev–Trinajstić information content (AvgIpc) is 3.86. The zero-order valence-electron chi connectivity index (χ0n) is 25.0. The van der Waals surface area contributed by atoms with Crippen molar-refractivity contribution in [1.29, 1.82) is 10.5 Å². The van der Waals surface area contributed by atoms with Crippen molar-refractivity contribution in [2.75, 3.05) is 57.8 Å². The van der Waals surface area contributed by atoms with Crippen LogP contribution in [0, 0.1) is 28.6 Å². The number of alkyl halides is 3. The van der Waals surface area contributed by atoms with Gasteiger partial charge in [0.1, 0.15) is 28.2 Å². The number of nitrogens with two attached hydrogens (primary N) is 1. The van der Waals surface area contributed by atoms with Crippen molar-refractivity contribution < 1.29 is 27.9 Å². The fourth-order valence-corrected chi connectivity index (χ4v) is 6.68. The molecule has 1 saturated carbocycles. The first kappa shape index (κ1) is 34.0. The third-order valence-electron chi connectivity index (χ3n) is 8.25. The molecule has 1 amide bonds. The van der Waals surface area contributed by atoms with Crippen LogP contribution >= 0.6 is 11.8 Å². The smallest absolute Gasteiger partial charge is 0.475 e. The van der Waals surface area contributed by atoms with E-state index < -0.39 is 23.3 Å². The number of piperidine rings is 1. The highest BCUT2D eigenvalue weighted by Crippen LogP contribution is 2.48. The van der Waals surface area contributed by atoms with Crippen LogP contribution in [0.5, 0.6) is 0 Å². The fourth-order valence-electron chi connectivity index (χ4n) is 5.63. The van der Waals surface area contributed by atoms with Crippen molar-refractivity contribution in [3.8, 4) is 12.1 Å². The van der Waals surface area contributed by atoms with Crippen LogP contribution in [-0.2, 0) is 9.59 Å². The van der Waals surface area contributed by atoms with E-state index in [-0.39, 0.29) is 5.92 Å². The lowest BCUT2D eigenvalue weighted by molar-refractivity contribution is -0.192. The Hall–Kier alpha value is -3.85. The minimum absolute atomic E-state index is 0.193. The second kappa shape index (κ2) is 15.0. The van der Waals surface area contributed by atoms with E-state index in [4.69, 9.17) is 20.6 Å². The number of piperazine rings is 1. The van der Waals surface area contributed by atoms with Gasteiger partial charge in [-0.1, -0.05) is 42.1 Å². The van der Waals surface area contributed by atoms with E-state index in [0.717, 1.165) is 82.6 Å². The first-order valence-electron chi connectivity index (χ1n) is 14.8. The quantitative estimate of drug-likeness (QED) is 0.402. The van der Waals surface area contributed by atoms with Crippen LogP contribution in [0.25, 0.3) is 0 Å². The van der Waals surface area contributed by atoms with Gasteiger partial charge in [0.05, 0.1) is 11.1 Å². The van der Waals surface area contributed by atoms with Crippen LogP contribution in [0.4, 0.5) is 19.0 Å². The summed E-state index contributed by atoms with van der Waals surface area (Å²) in [6.45, 7) is 7.29. The summed E-state index contributed by atoms with van der Waals surface area (Å²) in [5, 5.41) is 27.4. The molecular formula is C31H36F3N7O3S. The molecule has 1 aliphatic carbocycles. The van der Waals surface area contributed by atoms with Crippen LogP contribution in [-0.4, -0.2) is 90.8 Å². The molecule has 1 atom stereocenters. The van der Waals surface area contributed by atoms with Crippen molar-refractivity contribution in [3.05, 3.63) is 52.6 Å². The van der Waals surface area contributed by atoms with Gasteiger partial charge < -0.3 is 25.5 Å². The number of aromatic nitrogens is 1. The summed E-state index contributed by atoms with van der Waals surface area (Å²) in [7, 11) is 2.18. The van der Waals surface area contributed by atoms with Crippen LogP contribution in [0.2, 0.25) is 0 Å². The molecule has 0 spiro atoms. The molecule has 45 heavy (non-hydrogen) atoms. The lowest BCUT2D eigenvalue weighted by atomic mass is 9.94. The summed E-state index contributed by atoms with van der Waals surface area (Å²) in [5.74, 6) is -1.75. The monoisotopic (exact) mass is 643 g/mol. The number of thioether (sulfide) groups is 1. The van der Waals surface area contributed by atoms with Crippen LogP contribution in [0.15, 0.2) is 35.4 Å². The molecule has 1 aromatic heterocycles. The summed E-state index contributed by atoms with van der Waals surface area (Å²) in [5.41, 5.74) is 8.35. The highest BCUT2D eigenvalue weighted by molar-refractivity contribution is 8.00. The van der Waals surface area contributed by atoms with Gasteiger partial charge in [0.15, 0.2) is 0 Å². The van der Waals surface area contributed by atoms with E-state index in [1.807, 2.05) is 30.3 Å². The normalized spacial score (nSPS) is 18.7. The maximum absolute atomic E-state index is 12.5. The largest absolute Gasteiger partial charge is 0.490 e. The van der Waals surface area contributed by atoms with Crippen LogP contribution in [0.3, 0.4) is 0 Å². The molecule has 1 unspecified atom stereocenters. The van der Waals surface area contributed by atoms with Gasteiger partial charge in [-0.05, 0) is 55.7 Å². The van der Waals surface area contributed by atoms with Gasteiger partial charge in [0.25, 0.3) is 0 Å². The second-order valence-electron chi connectivity index (χ2n) is 11.6. The molecule has 3 heterocycles. The Kier molecular flexibility index (Phi) is 11.3. The number of halogens is 3. The van der Waals surface area contributed by atoms with E-state index in [2.05, 4.69) is 33.9 Å². The number of anilines is 1. The number of carbonyl (C=O) groups is 2. The van der Waals surface area contributed by atoms with Gasteiger partial charge in [-0.3, -0.25) is 4.79 Å². The van der Waals surface area contributed by atoms with Crippen molar-refractivity contribution >= 4 is 29.5 Å². The molecule has 2 saturated heterocycles. The number of nitrogens with zero attached hydrogens (tertiary/aromatic N) is 6. The average molecular weight is 644 g/mol. The van der Waals surface area contributed by atoms with Gasteiger partial charge in [0.2, 0.25) is 5.91 Å². The van der Waals surface area contributed by atoms with Crippen molar-refractivity contribution in [1.82, 2.24) is 14.8 Å². The Labute approximate surface area is 264 Å². The molecule has 0 radical (unpaired) electrons. The Morgan fingerprint density at radius 2 is 1.60 bits per heavy atom. The van der Waals surface area contributed by atoms with E-state index in [1.165, 1.54) is 11.8 Å². The SMILES string of the molecule is CN1CCN(CC2CCN(c3nc(SC(C(N)=O)c4ccccc4)c(C#N)c(C4CC4)c3C#N)CC2)CC1.O=C(O)C(F)(F)F. The van der Waals surface area contributed by atoms with Crippen LogP contribution in [0.1, 0.15) is 59.1 Å². The summed E-state index contributed by atoms with van der Waals surface area (Å²) in [6, 6.07) is 14.1. The fraction of sp³-hybridized carbons (Fsp3) is 0.516. The van der Waals surface area contributed by atoms with E-state index in [1.54, 1.807) is 0 Å². The van der Waals surface area contributed by atoms with Gasteiger partial charge in [-0.2, -0.15) is 23.7 Å². The number of nitriles is 2. The predicted molar refractivity (Wildman–Crippen MR) is 162 cm³/mol. The van der Waals surface area contributed by atoms with Crippen LogP contribution < -0.4 is 10.6 Å². The second-order valence-corrected chi connectivity index (χ2v) is 12.6. The summed E-state index contributed by atoms with van der Waals surface area (Å²) in [4.78, 5) is 33.5. The Morgan fingerprint density at radius 1 is 1.02 bits per heavy atom. The number of rotatable bonds is 8. The first-order valence-corrected chi connectivity index (χ1v) is 15.7. The number of primary amides is 1. The molecule has 0 bridgehead atoms. The summed E-state index contributed by atoms with van der Waals surface area (Å²) < 4.78 is 31.7. The number of hydrogen-bond acceptors (Lipinski definition) is 9. The molecule has 1 aromatic carbocycles. The van der Waals surface area contributed by atoms with E-state index >= 15 is 0 Å². The lowest BCUT2D eigenvalue weighted by Crippen LogP contribution is -2.47. The lowest BCUT2D eigenvalue weighted by Gasteiger charge is -2.38. The number of pyridine rings is 1. The predicted octanol–water partition coefficient (Wildman–Crippen LogP) is 4.12. The Balaban J connectivity index is 0.000000591. The number of carboxylic acids is 1.